The Labute approximate surface area is 123 Å². The molecule has 4 rings (SSSR count). The van der Waals surface area contributed by atoms with Gasteiger partial charge in [0.25, 0.3) is 5.91 Å². The van der Waals surface area contributed by atoms with E-state index in [0.717, 1.165) is 26.0 Å². The number of amides is 1. The van der Waals surface area contributed by atoms with E-state index >= 15 is 0 Å². The van der Waals surface area contributed by atoms with Crippen LogP contribution in [-0.2, 0) is 4.74 Å². The average Bonchev–Trinajstić information content (AvgIpc) is 3.09. The molecule has 1 spiro atoms. The molecule has 3 heterocycles. The van der Waals surface area contributed by atoms with E-state index in [0.29, 0.717) is 16.6 Å². The van der Waals surface area contributed by atoms with E-state index in [1.54, 1.807) is 18.3 Å². The Balaban J connectivity index is 1.58. The van der Waals surface area contributed by atoms with Crippen molar-refractivity contribution in [2.75, 3.05) is 13.2 Å². The Morgan fingerprint density at radius 3 is 3.00 bits per heavy atom. The fourth-order valence-corrected chi connectivity index (χ4v) is 3.90. The lowest BCUT2D eigenvalue weighted by Gasteiger charge is -2.55. The van der Waals surface area contributed by atoms with Crippen molar-refractivity contribution in [1.29, 1.82) is 0 Å². The Morgan fingerprint density at radius 2 is 2.35 bits per heavy atom. The fraction of sp³-hybridized carbons (Fsp3) is 0.600. The summed E-state index contributed by atoms with van der Waals surface area (Å²) in [6, 6.07) is 3.65. The molecular formula is C15H17ClN2O2. The van der Waals surface area contributed by atoms with E-state index in [1.165, 1.54) is 12.8 Å². The Bertz CT molecular complexity index is 553. The predicted molar refractivity (Wildman–Crippen MR) is 74.7 cm³/mol. The minimum absolute atomic E-state index is 0.0480. The molecule has 2 unspecified atom stereocenters. The summed E-state index contributed by atoms with van der Waals surface area (Å²) >= 11 is 5.88. The monoisotopic (exact) mass is 292 g/mol. The van der Waals surface area contributed by atoms with Crippen molar-refractivity contribution in [3.63, 3.8) is 0 Å². The first kappa shape index (κ1) is 12.6. The number of hydrogen-bond donors (Lipinski definition) is 0. The molecule has 1 aliphatic carbocycles. The summed E-state index contributed by atoms with van der Waals surface area (Å²) in [5.41, 5.74) is 0.580. The number of nitrogens with zero attached hydrogens (tertiary/aromatic N) is 2. The quantitative estimate of drug-likeness (QED) is 0.787. The minimum atomic E-state index is -0.0480. The highest BCUT2D eigenvalue weighted by Gasteiger charge is 2.61. The van der Waals surface area contributed by atoms with Crippen LogP contribution in [0.2, 0.25) is 5.15 Å². The molecule has 1 aromatic heterocycles. The third kappa shape index (κ3) is 1.85. The highest BCUT2D eigenvalue weighted by atomic mass is 35.5. The van der Waals surface area contributed by atoms with Gasteiger partial charge in [0.1, 0.15) is 10.8 Å². The van der Waals surface area contributed by atoms with Crippen LogP contribution in [-0.4, -0.2) is 40.6 Å². The summed E-state index contributed by atoms with van der Waals surface area (Å²) in [5, 5.41) is 0.367. The average molecular weight is 293 g/mol. The number of carbonyl (C=O) groups is 1. The number of carbonyl (C=O) groups excluding carboxylic acids is 1. The third-order valence-electron chi connectivity index (χ3n) is 4.75. The minimum Gasteiger partial charge on any atom is -0.371 e. The van der Waals surface area contributed by atoms with E-state index in [2.05, 4.69) is 4.98 Å². The molecule has 0 aromatic carbocycles. The number of rotatable bonds is 2. The summed E-state index contributed by atoms with van der Waals surface area (Å²) in [6.07, 6.45) is 6.23. The van der Waals surface area contributed by atoms with Crippen LogP contribution in [0.1, 0.15) is 36.0 Å². The lowest BCUT2D eigenvalue weighted by Crippen LogP contribution is -2.71. The van der Waals surface area contributed by atoms with Gasteiger partial charge in [0.2, 0.25) is 0 Å². The van der Waals surface area contributed by atoms with E-state index in [9.17, 15) is 4.79 Å². The van der Waals surface area contributed by atoms with Crippen LogP contribution < -0.4 is 0 Å². The van der Waals surface area contributed by atoms with Gasteiger partial charge in [0.15, 0.2) is 0 Å². The lowest BCUT2D eigenvalue weighted by molar-refractivity contribution is -0.149. The third-order valence-corrected chi connectivity index (χ3v) is 4.96. The molecule has 0 N–H and O–H groups in total. The Hall–Kier alpha value is -1.13. The normalized spacial score (nSPS) is 32.5. The number of halogens is 1. The van der Waals surface area contributed by atoms with Gasteiger partial charge in [-0.1, -0.05) is 11.6 Å². The van der Waals surface area contributed by atoms with Crippen molar-refractivity contribution < 1.29 is 9.53 Å². The van der Waals surface area contributed by atoms with Gasteiger partial charge in [0.05, 0.1) is 12.6 Å². The van der Waals surface area contributed by atoms with Gasteiger partial charge in [-0.15, -0.1) is 0 Å². The van der Waals surface area contributed by atoms with Crippen molar-refractivity contribution in [2.24, 2.45) is 5.92 Å². The van der Waals surface area contributed by atoms with Crippen LogP contribution in [0.15, 0.2) is 18.3 Å². The first-order valence-electron chi connectivity index (χ1n) is 7.26. The zero-order chi connectivity index (χ0) is 13.7. The second-order valence-electron chi connectivity index (χ2n) is 6.10. The maximum atomic E-state index is 12.6. The molecule has 106 valence electrons. The van der Waals surface area contributed by atoms with Crippen molar-refractivity contribution >= 4 is 17.5 Å². The smallest absolute Gasteiger partial charge is 0.254 e. The molecule has 1 saturated carbocycles. The number of pyridine rings is 1. The molecule has 20 heavy (non-hydrogen) atoms. The largest absolute Gasteiger partial charge is 0.371 e. The zero-order valence-corrected chi connectivity index (χ0v) is 12.0. The van der Waals surface area contributed by atoms with Crippen LogP contribution in [0, 0.1) is 5.92 Å². The summed E-state index contributed by atoms with van der Waals surface area (Å²) in [4.78, 5) is 18.6. The van der Waals surface area contributed by atoms with Gasteiger partial charge in [-0.2, -0.15) is 0 Å². The topological polar surface area (TPSA) is 42.4 Å². The van der Waals surface area contributed by atoms with Gasteiger partial charge in [-0.25, -0.2) is 4.98 Å². The number of hydrogen-bond acceptors (Lipinski definition) is 3. The van der Waals surface area contributed by atoms with E-state index in [1.807, 2.05) is 4.90 Å². The molecule has 2 saturated heterocycles. The number of likely N-dealkylation sites (tertiary alicyclic amines) is 1. The predicted octanol–water partition coefficient (Wildman–Crippen LogP) is 2.52. The maximum absolute atomic E-state index is 12.6. The number of ether oxygens (including phenoxy) is 1. The van der Waals surface area contributed by atoms with Gasteiger partial charge in [-0.3, -0.25) is 4.79 Å². The summed E-state index contributed by atoms with van der Waals surface area (Å²) in [7, 11) is 0. The summed E-state index contributed by atoms with van der Waals surface area (Å²) in [6.45, 7) is 1.57. The molecule has 1 aromatic rings. The Morgan fingerprint density at radius 1 is 1.50 bits per heavy atom. The maximum Gasteiger partial charge on any atom is 0.254 e. The van der Waals surface area contributed by atoms with Crippen molar-refractivity contribution in [1.82, 2.24) is 9.88 Å². The second kappa shape index (κ2) is 4.43. The molecule has 0 bridgehead atoms. The van der Waals surface area contributed by atoms with Gasteiger partial charge >= 0.3 is 0 Å². The first-order valence-corrected chi connectivity index (χ1v) is 7.64. The zero-order valence-electron chi connectivity index (χ0n) is 11.2. The SMILES string of the molecule is O=C(c1ccnc(Cl)c1)N1CC2(CCCO2)C1C1CC1. The van der Waals surface area contributed by atoms with E-state index in [-0.39, 0.29) is 17.6 Å². The molecule has 1 amide bonds. The highest BCUT2D eigenvalue weighted by Crippen LogP contribution is 2.51. The molecule has 4 nitrogen and oxygen atoms in total. The van der Waals surface area contributed by atoms with Gasteiger partial charge in [-0.05, 0) is 43.7 Å². The van der Waals surface area contributed by atoms with E-state index < -0.39 is 0 Å². The van der Waals surface area contributed by atoms with Crippen molar-refractivity contribution in [3.8, 4) is 0 Å². The summed E-state index contributed by atoms with van der Waals surface area (Å²) < 4.78 is 6.00. The second-order valence-corrected chi connectivity index (χ2v) is 6.49. The summed E-state index contributed by atoms with van der Waals surface area (Å²) in [5.74, 6) is 0.690. The van der Waals surface area contributed by atoms with Gasteiger partial charge < -0.3 is 9.64 Å². The van der Waals surface area contributed by atoms with Crippen LogP contribution in [0.3, 0.4) is 0 Å². The van der Waals surface area contributed by atoms with Crippen molar-refractivity contribution in [3.05, 3.63) is 29.0 Å². The van der Waals surface area contributed by atoms with Gasteiger partial charge in [0, 0.05) is 18.4 Å². The molecule has 0 radical (unpaired) electrons. The lowest BCUT2D eigenvalue weighted by atomic mass is 9.77. The fourth-order valence-electron chi connectivity index (χ4n) is 3.72. The Kier molecular flexibility index (Phi) is 2.79. The first-order chi connectivity index (χ1) is 9.70. The molecule has 5 heteroatoms. The molecule has 3 aliphatic rings. The van der Waals surface area contributed by atoms with Crippen LogP contribution in [0.4, 0.5) is 0 Å². The van der Waals surface area contributed by atoms with Crippen LogP contribution in [0.25, 0.3) is 0 Å². The van der Waals surface area contributed by atoms with Crippen LogP contribution >= 0.6 is 11.6 Å². The molecule has 3 fully saturated rings. The molecule has 2 aliphatic heterocycles. The van der Waals surface area contributed by atoms with Crippen LogP contribution in [0.5, 0.6) is 0 Å². The molecular weight excluding hydrogens is 276 g/mol. The molecule has 2 atom stereocenters. The standard InChI is InChI=1S/C15H17ClN2O2/c16-12-8-11(4-6-17-12)14(19)18-9-15(5-1-7-20-15)13(18)10-2-3-10/h4,6,8,10,13H,1-3,5,7,9H2. The highest BCUT2D eigenvalue weighted by molar-refractivity contribution is 6.29. The van der Waals surface area contributed by atoms with E-state index in [4.69, 9.17) is 16.3 Å². The van der Waals surface area contributed by atoms with Crippen molar-refractivity contribution in [2.45, 2.75) is 37.3 Å². The number of aromatic nitrogens is 1.